The summed E-state index contributed by atoms with van der Waals surface area (Å²) in [5.41, 5.74) is 1.30. The predicted octanol–water partition coefficient (Wildman–Crippen LogP) is 3.64. The Morgan fingerprint density at radius 1 is 0.679 bits per heavy atom. The summed E-state index contributed by atoms with van der Waals surface area (Å²) in [5, 5.41) is 19.3. The Bertz CT molecular complexity index is 963. The van der Waals surface area contributed by atoms with E-state index in [0.717, 1.165) is 5.56 Å². The van der Waals surface area contributed by atoms with Crippen LogP contribution >= 0.6 is 7.14 Å². The Hall–Kier alpha value is -3.17. The van der Waals surface area contributed by atoms with Crippen LogP contribution in [0.5, 0.6) is 0 Å². The van der Waals surface area contributed by atoms with Crippen molar-refractivity contribution in [1.82, 2.24) is 0 Å². The molecule has 6 heteroatoms. The van der Waals surface area contributed by atoms with Gasteiger partial charge in [0.2, 0.25) is 0 Å². The maximum Gasteiger partial charge on any atom is 0.335 e. The molecule has 0 unspecified atom stereocenters. The maximum absolute atomic E-state index is 14.1. The minimum absolute atomic E-state index is 0.125. The summed E-state index contributed by atoms with van der Waals surface area (Å²) in [6, 6.07) is 21.8. The molecule has 0 atom stereocenters. The third kappa shape index (κ3) is 4.21. The molecule has 0 aromatic heterocycles. The van der Waals surface area contributed by atoms with Gasteiger partial charge in [0.25, 0.3) is 0 Å². The van der Waals surface area contributed by atoms with Crippen LogP contribution in [-0.4, -0.2) is 28.3 Å². The van der Waals surface area contributed by atoms with Crippen molar-refractivity contribution in [3.05, 3.63) is 95.6 Å². The van der Waals surface area contributed by atoms with E-state index in [9.17, 15) is 14.2 Å². The van der Waals surface area contributed by atoms with Gasteiger partial charge in [-0.3, -0.25) is 0 Å². The van der Waals surface area contributed by atoms with Gasteiger partial charge in [-0.15, -0.1) is 0 Å². The van der Waals surface area contributed by atoms with E-state index in [0.29, 0.717) is 23.2 Å². The quantitative estimate of drug-likeness (QED) is 0.597. The molecule has 0 heterocycles. The van der Waals surface area contributed by atoms with Crippen LogP contribution in [0, 0.1) is 0 Å². The average Bonchev–Trinajstić information content (AvgIpc) is 2.73. The number of rotatable bonds is 7. The molecular formula is C22H19O5P. The number of aryl methyl sites for hydroxylation is 1. The van der Waals surface area contributed by atoms with Gasteiger partial charge in [-0.2, -0.15) is 0 Å². The first kappa shape index (κ1) is 19.6. The van der Waals surface area contributed by atoms with Crippen molar-refractivity contribution in [2.45, 2.75) is 6.42 Å². The maximum atomic E-state index is 14.1. The van der Waals surface area contributed by atoms with Crippen molar-refractivity contribution in [3.8, 4) is 0 Å². The van der Waals surface area contributed by atoms with Gasteiger partial charge in [-0.05, 0) is 36.2 Å². The Kier molecular flexibility index (Phi) is 5.76. The Morgan fingerprint density at radius 3 is 1.50 bits per heavy atom. The molecule has 0 radical (unpaired) electrons. The summed E-state index contributed by atoms with van der Waals surface area (Å²) >= 11 is 0. The van der Waals surface area contributed by atoms with Crippen LogP contribution in [0.2, 0.25) is 0 Å². The van der Waals surface area contributed by atoms with Crippen LogP contribution in [0.1, 0.15) is 26.3 Å². The van der Waals surface area contributed by atoms with E-state index >= 15 is 0 Å². The highest BCUT2D eigenvalue weighted by molar-refractivity contribution is 7.78. The zero-order valence-corrected chi connectivity index (χ0v) is 15.9. The molecule has 5 nitrogen and oxygen atoms in total. The van der Waals surface area contributed by atoms with Crippen LogP contribution < -0.4 is 10.6 Å². The number of carboxylic acids is 2. The highest BCUT2D eigenvalue weighted by atomic mass is 31.2. The molecule has 0 saturated heterocycles. The molecule has 0 aliphatic rings. The second-order valence-electron chi connectivity index (χ2n) is 6.40. The van der Waals surface area contributed by atoms with Crippen LogP contribution in [0.3, 0.4) is 0 Å². The van der Waals surface area contributed by atoms with Crippen molar-refractivity contribution in [2.24, 2.45) is 0 Å². The van der Waals surface area contributed by atoms with Gasteiger partial charge < -0.3 is 14.8 Å². The lowest BCUT2D eigenvalue weighted by Crippen LogP contribution is -2.20. The summed E-state index contributed by atoms with van der Waals surface area (Å²) in [4.78, 5) is 22.2. The summed E-state index contributed by atoms with van der Waals surface area (Å²) in [7, 11) is -3.08. The first-order valence-electron chi connectivity index (χ1n) is 8.71. The minimum Gasteiger partial charge on any atom is -0.478 e. The van der Waals surface area contributed by atoms with Crippen molar-refractivity contribution in [2.75, 3.05) is 6.16 Å². The summed E-state index contributed by atoms with van der Waals surface area (Å²) < 4.78 is 14.1. The van der Waals surface area contributed by atoms with Gasteiger partial charge in [0.1, 0.15) is 7.14 Å². The lowest BCUT2D eigenvalue weighted by molar-refractivity contribution is 0.0686. The van der Waals surface area contributed by atoms with Crippen molar-refractivity contribution in [3.63, 3.8) is 0 Å². The standard InChI is InChI=1S/C22H19O5P/c23-21(24)17-6-10-19(11-7-17)28(27,15-14-16-4-2-1-3-5-16)20-12-8-18(9-13-20)22(25)26/h1-13H,14-15H2,(H,23,24)(H,25,26). The third-order valence-electron chi connectivity index (χ3n) is 4.62. The van der Waals surface area contributed by atoms with Gasteiger partial charge in [0.05, 0.1) is 11.1 Å². The molecule has 2 N–H and O–H groups in total. The zero-order valence-electron chi connectivity index (χ0n) is 15.0. The van der Waals surface area contributed by atoms with Crippen LogP contribution in [-0.2, 0) is 11.0 Å². The number of hydrogen-bond acceptors (Lipinski definition) is 3. The zero-order chi connectivity index (χ0) is 20.1. The molecule has 3 rings (SSSR count). The molecule has 0 saturated carbocycles. The number of hydrogen-bond donors (Lipinski definition) is 2. The van der Waals surface area contributed by atoms with E-state index in [2.05, 4.69) is 0 Å². The molecule has 0 fully saturated rings. The highest BCUT2D eigenvalue weighted by Crippen LogP contribution is 2.44. The molecule has 0 spiro atoms. The molecule has 3 aromatic carbocycles. The fourth-order valence-corrected chi connectivity index (χ4v) is 5.68. The Morgan fingerprint density at radius 2 is 1.11 bits per heavy atom. The molecule has 28 heavy (non-hydrogen) atoms. The fraction of sp³-hybridized carbons (Fsp3) is 0.0909. The van der Waals surface area contributed by atoms with Crippen LogP contribution in [0.15, 0.2) is 78.9 Å². The van der Waals surface area contributed by atoms with E-state index < -0.39 is 19.1 Å². The summed E-state index contributed by atoms with van der Waals surface area (Å²) in [6.45, 7) is 0. The lowest BCUT2D eigenvalue weighted by atomic mass is 10.2. The molecule has 3 aromatic rings. The largest absolute Gasteiger partial charge is 0.478 e. The van der Waals surface area contributed by atoms with E-state index in [1.165, 1.54) is 24.3 Å². The topological polar surface area (TPSA) is 91.7 Å². The molecule has 0 aliphatic heterocycles. The Balaban J connectivity index is 2.00. The summed E-state index contributed by atoms with van der Waals surface area (Å²) in [5.74, 6) is -2.09. The number of aromatic carboxylic acids is 2. The van der Waals surface area contributed by atoms with Gasteiger partial charge in [0, 0.05) is 16.8 Å². The second-order valence-corrected chi connectivity index (χ2v) is 9.36. The van der Waals surface area contributed by atoms with E-state index in [1.54, 1.807) is 24.3 Å². The number of carbonyl (C=O) groups is 2. The SMILES string of the molecule is O=C(O)c1ccc(P(=O)(CCc2ccccc2)c2ccc(C(=O)O)cc2)cc1. The van der Waals surface area contributed by atoms with Crippen LogP contribution in [0.4, 0.5) is 0 Å². The Labute approximate surface area is 162 Å². The molecule has 0 bridgehead atoms. The third-order valence-corrected chi connectivity index (χ3v) is 7.74. The van der Waals surface area contributed by atoms with E-state index in [1.807, 2.05) is 30.3 Å². The van der Waals surface area contributed by atoms with Crippen molar-refractivity contribution in [1.29, 1.82) is 0 Å². The molecular weight excluding hydrogens is 375 g/mol. The fourth-order valence-electron chi connectivity index (χ4n) is 3.03. The van der Waals surface area contributed by atoms with E-state index in [4.69, 9.17) is 10.2 Å². The molecule has 0 aliphatic carbocycles. The van der Waals surface area contributed by atoms with Crippen molar-refractivity contribution < 1.29 is 24.4 Å². The highest BCUT2D eigenvalue weighted by Gasteiger charge is 2.27. The molecule has 0 amide bonds. The first-order chi connectivity index (χ1) is 13.4. The minimum atomic E-state index is -3.08. The monoisotopic (exact) mass is 394 g/mol. The predicted molar refractivity (Wildman–Crippen MR) is 109 cm³/mol. The second kappa shape index (κ2) is 8.24. The van der Waals surface area contributed by atoms with Crippen LogP contribution in [0.25, 0.3) is 0 Å². The summed E-state index contributed by atoms with van der Waals surface area (Å²) in [6.07, 6.45) is 0.940. The first-order valence-corrected chi connectivity index (χ1v) is 10.6. The average molecular weight is 394 g/mol. The smallest absolute Gasteiger partial charge is 0.335 e. The number of benzene rings is 3. The normalized spacial score (nSPS) is 11.1. The van der Waals surface area contributed by atoms with Gasteiger partial charge in [-0.25, -0.2) is 9.59 Å². The number of carboxylic acid groups (broad SMARTS) is 2. The lowest BCUT2D eigenvalue weighted by Gasteiger charge is -2.20. The van der Waals surface area contributed by atoms with E-state index in [-0.39, 0.29) is 11.1 Å². The van der Waals surface area contributed by atoms with Gasteiger partial charge in [0.15, 0.2) is 0 Å². The molecule has 142 valence electrons. The van der Waals surface area contributed by atoms with Gasteiger partial charge in [-0.1, -0.05) is 54.6 Å². The van der Waals surface area contributed by atoms with Crippen molar-refractivity contribution >= 4 is 29.7 Å². The van der Waals surface area contributed by atoms with Gasteiger partial charge >= 0.3 is 11.9 Å².